The van der Waals surface area contributed by atoms with Crippen molar-refractivity contribution in [3.05, 3.63) is 47.3 Å². The largest absolute Gasteiger partial charge is 0.492 e. The number of carboxylic acids is 1. The maximum Gasteiger partial charge on any atom is 0.339 e. The molecule has 0 spiro atoms. The first-order valence-corrected chi connectivity index (χ1v) is 7.11. The van der Waals surface area contributed by atoms with Crippen LogP contribution in [0.4, 0.5) is 8.78 Å². The van der Waals surface area contributed by atoms with Crippen LogP contribution in [0.1, 0.15) is 35.8 Å². The van der Waals surface area contributed by atoms with Gasteiger partial charge in [0.25, 0.3) is 0 Å². The first-order chi connectivity index (χ1) is 11.3. The second-order valence-corrected chi connectivity index (χ2v) is 5.55. The van der Waals surface area contributed by atoms with Gasteiger partial charge in [-0.25, -0.2) is 23.1 Å². The summed E-state index contributed by atoms with van der Waals surface area (Å²) in [6.07, 6.45) is 1.12. The molecule has 0 aliphatic rings. The second kappa shape index (κ2) is 5.55. The van der Waals surface area contributed by atoms with Crippen LogP contribution in [0.2, 0.25) is 0 Å². The molecular weight excluding hydrogens is 320 g/mol. The van der Waals surface area contributed by atoms with E-state index < -0.39 is 23.5 Å². The van der Waals surface area contributed by atoms with E-state index in [0.29, 0.717) is 5.69 Å². The van der Waals surface area contributed by atoms with E-state index in [-0.39, 0.29) is 28.3 Å². The Labute approximate surface area is 135 Å². The molecule has 3 aromatic rings. The van der Waals surface area contributed by atoms with E-state index in [1.54, 1.807) is 13.8 Å². The predicted octanol–water partition coefficient (Wildman–Crippen LogP) is 3.20. The van der Waals surface area contributed by atoms with Crippen molar-refractivity contribution in [2.24, 2.45) is 0 Å². The fourth-order valence-corrected chi connectivity index (χ4v) is 2.65. The number of halogens is 2. The Balaban J connectivity index is 2.40. The highest BCUT2D eigenvalue weighted by molar-refractivity contribution is 5.90. The highest BCUT2D eigenvalue weighted by atomic mass is 19.2. The number of aromatic nitrogens is 3. The topological polar surface area (TPSA) is 87.7 Å². The molecule has 0 bridgehead atoms. The molecule has 8 heteroatoms. The molecule has 2 aromatic heterocycles. The molecule has 6 nitrogen and oxygen atoms in total. The quantitative estimate of drug-likeness (QED) is 0.768. The highest BCUT2D eigenvalue weighted by Crippen LogP contribution is 2.36. The molecule has 2 heterocycles. The zero-order valence-electron chi connectivity index (χ0n) is 12.8. The number of aromatic hydroxyl groups is 1. The normalized spacial score (nSPS) is 11.4. The van der Waals surface area contributed by atoms with Crippen molar-refractivity contribution >= 4 is 11.6 Å². The fourth-order valence-electron chi connectivity index (χ4n) is 2.65. The van der Waals surface area contributed by atoms with Crippen LogP contribution in [0.25, 0.3) is 16.8 Å². The molecule has 24 heavy (non-hydrogen) atoms. The summed E-state index contributed by atoms with van der Waals surface area (Å²) in [6.45, 7) is 3.50. The summed E-state index contributed by atoms with van der Waals surface area (Å²) in [5.74, 6) is -4.22. The van der Waals surface area contributed by atoms with Crippen LogP contribution in [-0.2, 0) is 0 Å². The molecule has 0 amide bonds. The predicted molar refractivity (Wildman–Crippen MR) is 81.1 cm³/mol. The minimum absolute atomic E-state index is 0.0469. The van der Waals surface area contributed by atoms with Crippen LogP contribution in [0, 0.1) is 11.6 Å². The summed E-state index contributed by atoms with van der Waals surface area (Å²) < 4.78 is 28.7. The van der Waals surface area contributed by atoms with Crippen molar-refractivity contribution in [1.29, 1.82) is 0 Å². The van der Waals surface area contributed by atoms with Gasteiger partial charge in [-0.3, -0.25) is 0 Å². The molecule has 0 aliphatic heterocycles. The second-order valence-electron chi connectivity index (χ2n) is 5.55. The van der Waals surface area contributed by atoms with Gasteiger partial charge in [0.1, 0.15) is 0 Å². The minimum Gasteiger partial charge on any atom is -0.492 e. The number of carboxylic acid groups (broad SMARTS) is 1. The lowest BCUT2D eigenvalue weighted by atomic mass is 10.0. The van der Waals surface area contributed by atoms with Crippen molar-refractivity contribution in [2.45, 2.75) is 19.8 Å². The lowest BCUT2D eigenvalue weighted by Gasteiger charge is -2.11. The highest BCUT2D eigenvalue weighted by Gasteiger charge is 2.25. The Hall–Kier alpha value is -3.03. The summed E-state index contributed by atoms with van der Waals surface area (Å²) in [4.78, 5) is 15.4. The number of benzene rings is 1. The number of hydrogen-bond donors (Lipinski definition) is 2. The molecule has 124 valence electrons. The van der Waals surface area contributed by atoms with Crippen molar-refractivity contribution < 1.29 is 23.8 Å². The SMILES string of the molecule is CC(C)c1c(C(=O)O)cnc2c(-c3cccc(F)c3F)c(O)nn12. The first kappa shape index (κ1) is 15.9. The molecule has 1 aromatic carbocycles. The van der Waals surface area contributed by atoms with E-state index in [0.717, 1.165) is 16.8 Å². The van der Waals surface area contributed by atoms with Gasteiger partial charge in [0, 0.05) is 11.8 Å². The molecular formula is C16H13F2N3O3. The average Bonchev–Trinajstić information content (AvgIpc) is 2.84. The van der Waals surface area contributed by atoms with Gasteiger partial charge in [-0.2, -0.15) is 0 Å². The number of carbonyl (C=O) groups is 1. The summed E-state index contributed by atoms with van der Waals surface area (Å²) in [5.41, 5.74) is -0.0264. The standard InChI is InChI=1S/C16H13F2N3O3/c1-7(2)13-9(16(23)24)6-19-14-11(15(22)20-21(13)14)8-4-3-5-10(17)12(8)18/h3-7H,1-2H3,(H,20,22)(H,23,24). The van der Waals surface area contributed by atoms with Crippen LogP contribution in [0.3, 0.4) is 0 Å². The van der Waals surface area contributed by atoms with Gasteiger partial charge in [-0.1, -0.05) is 26.0 Å². The van der Waals surface area contributed by atoms with Crippen LogP contribution < -0.4 is 0 Å². The van der Waals surface area contributed by atoms with Crippen molar-refractivity contribution in [2.75, 3.05) is 0 Å². The van der Waals surface area contributed by atoms with E-state index in [1.165, 1.54) is 12.1 Å². The minimum atomic E-state index is -1.19. The lowest BCUT2D eigenvalue weighted by molar-refractivity contribution is 0.0693. The number of aromatic carboxylic acids is 1. The Morgan fingerprint density at radius 1 is 1.29 bits per heavy atom. The Morgan fingerprint density at radius 3 is 2.62 bits per heavy atom. The summed E-state index contributed by atoms with van der Waals surface area (Å²) >= 11 is 0. The number of hydrogen-bond acceptors (Lipinski definition) is 4. The van der Waals surface area contributed by atoms with E-state index >= 15 is 0 Å². The Bertz CT molecular complexity index is 967. The molecule has 2 N–H and O–H groups in total. The Kier molecular flexibility index (Phi) is 3.67. The van der Waals surface area contributed by atoms with Crippen LogP contribution in [0.15, 0.2) is 24.4 Å². The maximum absolute atomic E-state index is 14.1. The van der Waals surface area contributed by atoms with Gasteiger partial charge in [0.05, 0.1) is 16.8 Å². The van der Waals surface area contributed by atoms with Gasteiger partial charge in [-0.15, -0.1) is 5.10 Å². The monoisotopic (exact) mass is 333 g/mol. The van der Waals surface area contributed by atoms with Gasteiger partial charge < -0.3 is 10.2 Å². The zero-order valence-corrected chi connectivity index (χ0v) is 12.8. The average molecular weight is 333 g/mol. The molecule has 3 rings (SSSR count). The molecule has 0 unspecified atom stereocenters. The number of nitrogens with zero attached hydrogens (tertiary/aromatic N) is 3. The number of fused-ring (bicyclic) bond motifs is 1. The van der Waals surface area contributed by atoms with E-state index in [1.807, 2.05) is 0 Å². The van der Waals surface area contributed by atoms with Crippen molar-refractivity contribution in [3.8, 4) is 17.0 Å². The van der Waals surface area contributed by atoms with Gasteiger partial charge >= 0.3 is 5.97 Å². The fraction of sp³-hybridized carbons (Fsp3) is 0.188. The van der Waals surface area contributed by atoms with E-state index in [9.17, 15) is 23.8 Å². The first-order valence-electron chi connectivity index (χ1n) is 7.11. The third-order valence-corrected chi connectivity index (χ3v) is 3.66. The van der Waals surface area contributed by atoms with E-state index in [4.69, 9.17) is 0 Å². The molecule has 0 aliphatic carbocycles. The van der Waals surface area contributed by atoms with Crippen LogP contribution in [0.5, 0.6) is 5.88 Å². The number of rotatable bonds is 3. The molecule has 0 saturated heterocycles. The Morgan fingerprint density at radius 2 is 2.00 bits per heavy atom. The van der Waals surface area contributed by atoms with Gasteiger partial charge in [-0.05, 0) is 12.0 Å². The molecule has 0 radical (unpaired) electrons. The van der Waals surface area contributed by atoms with Crippen LogP contribution >= 0.6 is 0 Å². The third-order valence-electron chi connectivity index (χ3n) is 3.66. The van der Waals surface area contributed by atoms with Gasteiger partial charge in [0.2, 0.25) is 5.88 Å². The third kappa shape index (κ3) is 2.27. The molecule has 0 atom stereocenters. The lowest BCUT2D eigenvalue weighted by Crippen LogP contribution is -2.11. The molecule has 0 fully saturated rings. The van der Waals surface area contributed by atoms with Crippen LogP contribution in [-0.4, -0.2) is 30.8 Å². The molecule has 0 saturated carbocycles. The summed E-state index contributed by atoms with van der Waals surface area (Å²) in [7, 11) is 0. The maximum atomic E-state index is 14.1. The van der Waals surface area contributed by atoms with Crippen molar-refractivity contribution in [1.82, 2.24) is 14.6 Å². The van der Waals surface area contributed by atoms with Crippen molar-refractivity contribution in [3.63, 3.8) is 0 Å². The smallest absolute Gasteiger partial charge is 0.339 e. The van der Waals surface area contributed by atoms with E-state index in [2.05, 4.69) is 10.1 Å². The zero-order chi connectivity index (χ0) is 17.6. The summed E-state index contributed by atoms with van der Waals surface area (Å²) in [6, 6.07) is 3.54. The summed E-state index contributed by atoms with van der Waals surface area (Å²) in [5, 5.41) is 23.3. The van der Waals surface area contributed by atoms with Gasteiger partial charge in [0.15, 0.2) is 17.3 Å².